The fraction of sp³-hybridized carbons (Fsp3) is 0.333. The number of rotatable bonds is 6. The third-order valence-electron chi connectivity index (χ3n) is 11.7. The van der Waals surface area contributed by atoms with Crippen LogP contribution in [0.5, 0.6) is 5.75 Å². The Morgan fingerprint density at radius 1 is 0.554 bits per heavy atom. The second kappa shape index (κ2) is 16.7. The van der Waals surface area contributed by atoms with Gasteiger partial charge in [0.15, 0.2) is 0 Å². The number of ether oxygens (including phenoxy) is 1. The summed E-state index contributed by atoms with van der Waals surface area (Å²) < 4.78 is 7.44. The van der Waals surface area contributed by atoms with Crippen molar-refractivity contribution in [3.63, 3.8) is 0 Å². The largest absolute Gasteiger partial charge is 1.00 e. The summed E-state index contributed by atoms with van der Waals surface area (Å²) in [4.78, 5) is 0. The van der Waals surface area contributed by atoms with Crippen LogP contribution in [0.25, 0.3) is 45.5 Å². The smallest absolute Gasteiger partial charge is 1.00 e. The Balaban J connectivity index is 0.00000300. The van der Waals surface area contributed by atoms with Crippen LogP contribution in [0.4, 0.5) is 0 Å². The molecule has 0 saturated heterocycles. The summed E-state index contributed by atoms with van der Waals surface area (Å²) in [6, 6.07) is 28.7. The Morgan fingerprint density at radius 2 is 0.982 bits per heavy atom. The van der Waals surface area contributed by atoms with Crippen molar-refractivity contribution in [3.8, 4) is 39.1 Å². The van der Waals surface area contributed by atoms with Crippen LogP contribution in [0, 0.1) is 41.5 Å². The first-order valence-corrected chi connectivity index (χ1v) is 28.7. The molecule has 2 aliphatic carbocycles. The quantitative estimate of drug-likeness (QED) is 0.156. The van der Waals surface area contributed by atoms with E-state index in [2.05, 4.69) is 174 Å². The van der Waals surface area contributed by atoms with Crippen LogP contribution in [0.3, 0.4) is 0 Å². The van der Waals surface area contributed by atoms with Gasteiger partial charge in [0.05, 0.1) is 0 Å². The molecule has 0 fully saturated rings. The predicted molar refractivity (Wildman–Crippen MR) is 233 cm³/mol. The van der Waals surface area contributed by atoms with Crippen LogP contribution >= 0.6 is 0 Å². The summed E-state index contributed by atoms with van der Waals surface area (Å²) in [6.45, 7) is 30.7. The molecular weight excluding hydrogens is 819 g/mol. The third kappa shape index (κ3) is 8.05. The maximum Gasteiger partial charge on any atom is -1.00 e. The summed E-state index contributed by atoms with van der Waals surface area (Å²) in [5, 5.41) is 0. The molecule has 0 aliphatic heterocycles. The number of benzene rings is 5. The van der Waals surface area contributed by atoms with Crippen LogP contribution in [-0.4, -0.2) is 12.5 Å². The van der Waals surface area contributed by atoms with E-state index < -0.39 is 25.8 Å². The average molecular weight is 877 g/mol. The topological polar surface area (TPSA) is 9.23 Å². The van der Waals surface area contributed by atoms with E-state index in [0.717, 1.165) is 5.75 Å². The molecule has 0 amide bonds. The summed E-state index contributed by atoms with van der Waals surface area (Å²) in [6.07, 6.45) is 5.17. The molecule has 2 aliphatic rings. The van der Waals surface area contributed by atoms with E-state index >= 15 is 0 Å². The summed E-state index contributed by atoms with van der Waals surface area (Å²) in [5.41, 5.74) is 25.7. The normalized spacial score (nSPS) is 15.4. The number of fused-ring (bicyclic) bond motifs is 2. The minimum absolute atomic E-state index is 0. The van der Waals surface area contributed by atoms with Gasteiger partial charge in [-0.2, -0.15) is 0 Å². The van der Waals surface area contributed by atoms with Crippen LogP contribution < -0.4 is 29.6 Å². The number of aryl methyl sites for hydroxylation is 6. The van der Waals surface area contributed by atoms with Crippen molar-refractivity contribution in [1.82, 2.24) is 0 Å². The van der Waals surface area contributed by atoms with Crippen LogP contribution in [-0.2, 0) is 25.8 Å². The molecule has 0 saturated carbocycles. The zero-order chi connectivity index (χ0) is 39.0. The Kier molecular flexibility index (Phi) is 13.2. The van der Waals surface area contributed by atoms with Crippen LogP contribution in [0.1, 0.15) is 103 Å². The molecule has 0 aromatic heterocycles. The molecule has 5 heteroatoms. The standard InChI is InChI=1S/C26H25.C23H27O.C2H6Si.2ClH.Zr/c1-16-8-17(2)11-21(10-16)23-6-7-24(26-15-20(5)14-25(23)26)22-12-18(3)9-19(4)13-22;1-14-8-15(2)11-18(10-14)21-19-12-16(3)9-17(19)13-20(22(21)24-7)23(4,5)6;1-3-2;;;/h6-15H,1-5H3;8-13H,1-7H3;1-2H3;2*1H;/q;;;;;+2/p-2. The molecule has 0 bridgehead atoms. The molecule has 0 heterocycles. The van der Waals surface area contributed by atoms with Crippen molar-refractivity contribution in [2.75, 3.05) is 7.11 Å². The van der Waals surface area contributed by atoms with Crippen LogP contribution in [0.2, 0.25) is 13.1 Å². The van der Waals surface area contributed by atoms with Gasteiger partial charge in [0.25, 0.3) is 0 Å². The minimum atomic E-state index is -2.48. The van der Waals surface area contributed by atoms with Crippen molar-refractivity contribution in [1.29, 1.82) is 0 Å². The van der Waals surface area contributed by atoms with E-state index in [1.54, 1.807) is 22.3 Å². The number of hydrogen-bond acceptors (Lipinski definition) is 1. The first kappa shape index (κ1) is 44.2. The van der Waals surface area contributed by atoms with E-state index in [4.69, 9.17) is 4.74 Å². The Labute approximate surface area is 358 Å². The molecule has 0 radical (unpaired) electrons. The maximum atomic E-state index is 6.44. The number of halogens is 2. The van der Waals surface area contributed by atoms with Gasteiger partial charge in [-0.25, -0.2) is 0 Å². The van der Waals surface area contributed by atoms with Crippen molar-refractivity contribution < 1.29 is 49.9 Å². The number of allylic oxidation sites excluding steroid dienone is 2. The Morgan fingerprint density at radius 3 is 1.45 bits per heavy atom. The van der Waals surface area contributed by atoms with Gasteiger partial charge in [0.1, 0.15) is 0 Å². The molecule has 7 rings (SSSR count). The summed E-state index contributed by atoms with van der Waals surface area (Å²) in [5.74, 6) is 1.04. The van der Waals surface area contributed by atoms with Crippen molar-refractivity contribution in [2.24, 2.45) is 0 Å². The second-order valence-corrected chi connectivity index (χ2v) is 35.7. The zero-order valence-electron chi connectivity index (χ0n) is 35.9. The van der Waals surface area contributed by atoms with Crippen LogP contribution in [0.15, 0.2) is 83.9 Å². The van der Waals surface area contributed by atoms with E-state index in [9.17, 15) is 0 Å². The molecule has 0 spiro atoms. The summed E-state index contributed by atoms with van der Waals surface area (Å²) >= 11 is -2.48. The molecule has 290 valence electrons. The van der Waals surface area contributed by atoms with Gasteiger partial charge in [-0.1, -0.05) is 0 Å². The first-order valence-electron chi connectivity index (χ1n) is 19.7. The zero-order valence-corrected chi connectivity index (χ0v) is 40.9. The molecular formula is C51H58Cl2OSiZr. The first-order chi connectivity index (χ1) is 25.5. The molecule has 0 N–H and O–H groups in total. The van der Waals surface area contributed by atoms with Crippen molar-refractivity contribution in [2.45, 2.75) is 102 Å². The summed E-state index contributed by atoms with van der Waals surface area (Å²) in [7, 11) is 1.87. The fourth-order valence-electron chi connectivity index (χ4n) is 9.79. The minimum Gasteiger partial charge on any atom is -1.00 e. The Bertz CT molecular complexity index is 2410. The van der Waals surface area contributed by atoms with Gasteiger partial charge in [-0.3, -0.25) is 0 Å². The molecule has 2 atom stereocenters. The SMILES string of the molecule is COc1c(C(C)(C)C)cc2c(c1-c1cc(C)cc(C)c1)C=C(C)[CH]2[Zr+2]([CH]1C(C)=Cc2c(-c3cc(C)cc(C)c3)ccc(-c3cc(C)cc(C)c3)c21)=[Si](C)C.[Cl-].[Cl-]. The average Bonchev–Trinajstić information content (AvgIpc) is 3.57. The van der Waals surface area contributed by atoms with Gasteiger partial charge >= 0.3 is 336 Å². The maximum absolute atomic E-state index is 6.44. The van der Waals surface area contributed by atoms with Gasteiger partial charge < -0.3 is 24.8 Å². The monoisotopic (exact) mass is 874 g/mol. The van der Waals surface area contributed by atoms with Gasteiger partial charge in [-0.05, 0) is 0 Å². The van der Waals surface area contributed by atoms with E-state index in [-0.39, 0.29) is 30.2 Å². The number of methoxy groups -OCH3 is 1. The number of hydrogen-bond donors (Lipinski definition) is 0. The molecule has 5 aromatic rings. The predicted octanol–water partition coefficient (Wildman–Crippen LogP) is 8.34. The van der Waals surface area contributed by atoms with E-state index in [1.807, 2.05) is 7.11 Å². The molecule has 5 aromatic carbocycles. The van der Waals surface area contributed by atoms with Gasteiger partial charge in [0.2, 0.25) is 0 Å². The van der Waals surface area contributed by atoms with Crippen molar-refractivity contribution in [3.05, 3.63) is 145 Å². The third-order valence-corrected chi connectivity index (χ3v) is 31.5. The fourth-order valence-corrected chi connectivity index (χ4v) is 30.5. The second-order valence-electron chi connectivity index (χ2n) is 17.8. The molecule has 1 nitrogen and oxygen atoms in total. The molecule has 2 unspecified atom stereocenters. The van der Waals surface area contributed by atoms with E-state index in [0.29, 0.717) is 7.25 Å². The molecule has 56 heavy (non-hydrogen) atoms. The van der Waals surface area contributed by atoms with E-state index in [1.165, 1.54) is 83.5 Å². The Hall–Kier alpha value is -2.94. The van der Waals surface area contributed by atoms with Gasteiger partial charge in [0, 0.05) is 0 Å². The van der Waals surface area contributed by atoms with Crippen molar-refractivity contribution >= 4 is 17.6 Å². The van der Waals surface area contributed by atoms with Gasteiger partial charge in [-0.15, -0.1) is 0 Å².